The minimum absolute atomic E-state index is 0.411. The number of hydrogen-bond donors (Lipinski definition) is 3. The number of nitrogens with two attached hydrogens (primary N) is 1. The first kappa shape index (κ1) is 22.2. The van der Waals surface area contributed by atoms with Gasteiger partial charge in [-0.1, -0.05) is 19.1 Å². The van der Waals surface area contributed by atoms with E-state index in [9.17, 15) is 9.90 Å². The number of anilines is 1. The second kappa shape index (κ2) is 9.37. The van der Waals surface area contributed by atoms with E-state index in [0.717, 1.165) is 17.6 Å². The molecule has 0 aliphatic carbocycles. The summed E-state index contributed by atoms with van der Waals surface area (Å²) in [7, 11) is 2.90. The molecule has 0 radical (unpaired) electrons. The third kappa shape index (κ3) is 5.22. The van der Waals surface area contributed by atoms with Crippen LogP contribution in [-0.4, -0.2) is 33.3 Å². The first-order valence-electron chi connectivity index (χ1n) is 8.66. The highest BCUT2D eigenvalue weighted by Crippen LogP contribution is 2.27. The molecule has 2 heterocycles. The summed E-state index contributed by atoms with van der Waals surface area (Å²) in [4.78, 5) is 14.8. The summed E-state index contributed by atoms with van der Waals surface area (Å²) < 4.78 is 5.88. The molecule has 8 nitrogen and oxygen atoms in total. The summed E-state index contributed by atoms with van der Waals surface area (Å²) in [5, 5.41) is 24.1. The largest absolute Gasteiger partial charge is 0.386 e. The van der Waals surface area contributed by atoms with Crippen molar-refractivity contribution in [2.45, 2.75) is 37.1 Å². The quantitative estimate of drug-likeness (QED) is 0.544. The van der Waals surface area contributed by atoms with Gasteiger partial charge in [0.2, 0.25) is 6.41 Å². The highest BCUT2D eigenvalue weighted by atomic mass is 32.2. The van der Waals surface area contributed by atoms with Gasteiger partial charge < -0.3 is 10.4 Å². The van der Waals surface area contributed by atoms with Crippen LogP contribution in [0.1, 0.15) is 31.2 Å². The van der Waals surface area contributed by atoms with Crippen LogP contribution >= 0.6 is 11.3 Å². The number of nitrogens with one attached hydrogen (secondary N) is 1. The highest BCUT2D eigenvalue weighted by Gasteiger charge is 2.19. The molecule has 28 heavy (non-hydrogen) atoms. The molecule has 3 aromatic rings. The van der Waals surface area contributed by atoms with Gasteiger partial charge in [-0.3, -0.25) is 14.6 Å². The zero-order valence-corrected chi connectivity index (χ0v) is 18.3. The molecule has 1 atom stereocenters. The Hall–Kier alpha value is -2.14. The van der Waals surface area contributed by atoms with E-state index in [1.165, 1.54) is 22.3 Å². The number of nitrogens with zero attached hydrogens (tertiary/aromatic N) is 4. The van der Waals surface area contributed by atoms with Crippen LogP contribution in [0.2, 0.25) is 0 Å². The first-order chi connectivity index (χ1) is 13.2. The Morgan fingerprint density at radius 2 is 2.18 bits per heavy atom. The molecule has 1 unspecified atom stereocenters. The molecule has 2 aromatic heterocycles. The zero-order chi connectivity index (χ0) is 20.9. The number of hydrogen-bond acceptors (Lipinski definition) is 6. The molecule has 0 bridgehead atoms. The number of fused-ring (bicyclic) bond motifs is 1. The van der Waals surface area contributed by atoms with Crippen molar-refractivity contribution in [3.8, 4) is 0 Å². The van der Waals surface area contributed by atoms with Crippen molar-refractivity contribution in [1.29, 1.82) is 0 Å². The molecule has 0 aliphatic rings. The van der Waals surface area contributed by atoms with E-state index in [1.54, 1.807) is 20.0 Å². The third-order valence-corrected chi connectivity index (χ3v) is 6.58. The summed E-state index contributed by atoms with van der Waals surface area (Å²) in [6.07, 6.45) is 5.03. The number of rotatable bonds is 5. The van der Waals surface area contributed by atoms with Gasteiger partial charge in [0, 0.05) is 42.8 Å². The van der Waals surface area contributed by atoms with E-state index in [0.29, 0.717) is 15.6 Å². The van der Waals surface area contributed by atoms with E-state index in [2.05, 4.69) is 38.8 Å². The molecular weight excluding hydrogens is 396 g/mol. The van der Waals surface area contributed by atoms with Crippen molar-refractivity contribution in [3.63, 3.8) is 0 Å². The molecule has 0 fully saturated rings. The lowest BCUT2D eigenvalue weighted by molar-refractivity contribution is -0.106. The number of aliphatic hydroxyl groups is 1. The molecule has 1 amide bonds. The second-order valence-electron chi connectivity index (χ2n) is 6.52. The lowest BCUT2D eigenvalue weighted by atomic mass is 10.1. The zero-order valence-electron chi connectivity index (χ0n) is 16.6. The van der Waals surface area contributed by atoms with E-state index in [1.807, 2.05) is 25.0 Å². The van der Waals surface area contributed by atoms with Gasteiger partial charge in [-0.2, -0.15) is 9.46 Å². The smallest absolute Gasteiger partial charge is 0.240 e. The van der Waals surface area contributed by atoms with Crippen LogP contribution in [0, 0.1) is 0 Å². The predicted molar refractivity (Wildman–Crippen MR) is 115 cm³/mol. The molecule has 3 rings (SSSR count). The predicted octanol–water partition coefficient (Wildman–Crippen LogP) is 2.74. The molecule has 10 heteroatoms. The van der Waals surface area contributed by atoms with Crippen molar-refractivity contribution in [2.75, 3.05) is 12.4 Å². The average molecular weight is 423 g/mol. The third-order valence-electron chi connectivity index (χ3n) is 3.93. The van der Waals surface area contributed by atoms with Gasteiger partial charge in [-0.05, 0) is 25.8 Å². The van der Waals surface area contributed by atoms with Crippen molar-refractivity contribution >= 4 is 45.2 Å². The van der Waals surface area contributed by atoms with Gasteiger partial charge >= 0.3 is 0 Å². The Morgan fingerprint density at radius 1 is 1.46 bits per heavy atom. The van der Waals surface area contributed by atoms with Gasteiger partial charge in [0.15, 0.2) is 4.34 Å². The molecular formula is C18H26N6O2S2. The Bertz CT molecular complexity index is 988. The Morgan fingerprint density at radius 3 is 2.71 bits per heavy atom. The maximum atomic E-state index is 10.1. The Labute approximate surface area is 171 Å². The topological polar surface area (TPSA) is 118 Å². The molecule has 4 N–H and O–H groups in total. The highest BCUT2D eigenvalue weighted by molar-refractivity contribution is 7.87. The molecule has 0 spiro atoms. The summed E-state index contributed by atoms with van der Waals surface area (Å²) in [6, 6.07) is 4.29. The van der Waals surface area contributed by atoms with E-state index in [4.69, 9.17) is 5.14 Å². The van der Waals surface area contributed by atoms with Crippen LogP contribution in [0.15, 0.2) is 33.2 Å². The summed E-state index contributed by atoms with van der Waals surface area (Å²) >= 11 is 1.26. The fourth-order valence-electron chi connectivity index (χ4n) is 2.55. The van der Waals surface area contributed by atoms with Gasteiger partial charge in [0.25, 0.3) is 0 Å². The minimum Gasteiger partial charge on any atom is -0.386 e. The number of benzene rings is 1. The fraction of sp³-hybridized carbons (Fsp3) is 0.389. The van der Waals surface area contributed by atoms with Crippen LogP contribution in [0.25, 0.3) is 10.9 Å². The van der Waals surface area contributed by atoms with Crippen molar-refractivity contribution in [1.82, 2.24) is 14.8 Å². The van der Waals surface area contributed by atoms with Gasteiger partial charge in [-0.15, -0.1) is 11.3 Å². The monoisotopic (exact) mass is 422 g/mol. The number of carbonyl (C=O) groups is 1. The number of thiazole rings is 1. The van der Waals surface area contributed by atoms with Crippen LogP contribution in [0.5, 0.6) is 0 Å². The van der Waals surface area contributed by atoms with Crippen LogP contribution in [0.4, 0.5) is 5.69 Å². The molecule has 0 saturated heterocycles. The van der Waals surface area contributed by atoms with Gasteiger partial charge in [-0.25, -0.2) is 4.98 Å². The standard InChI is InChI=1S/C11H15N3.C7H11N3O2S2/c1-4-8-5-6-9-7-14(3)13-11(9)10(8)12-2;1-7(2,12)5-3-9-6(13-5)14(8)10-4-11/h5-7,12H,4H2,1-3H3;3-4,12H,1-2H3,(H2,8,10,11). The average Bonchev–Trinajstić information content (AvgIpc) is 3.27. The Kier molecular flexibility index (Phi) is 7.41. The van der Waals surface area contributed by atoms with Crippen molar-refractivity contribution < 1.29 is 9.90 Å². The van der Waals surface area contributed by atoms with Crippen molar-refractivity contribution in [2.24, 2.45) is 16.5 Å². The second-order valence-corrected chi connectivity index (χ2v) is 9.03. The normalized spacial score (nSPS) is 12.5. The number of amides is 1. The lowest BCUT2D eigenvalue weighted by Gasteiger charge is -2.12. The molecule has 1 aromatic carbocycles. The Balaban J connectivity index is 0.000000200. The SMILES string of the molecule is CC(C)(O)c1cnc(S(N)=NC=O)s1.CCc1ccc2cn(C)nc2c1NC. The molecule has 0 aliphatic heterocycles. The van der Waals surface area contributed by atoms with E-state index < -0.39 is 16.5 Å². The number of aromatic nitrogens is 3. The van der Waals surface area contributed by atoms with E-state index in [-0.39, 0.29) is 0 Å². The summed E-state index contributed by atoms with van der Waals surface area (Å²) in [6.45, 7) is 5.48. The summed E-state index contributed by atoms with van der Waals surface area (Å²) in [5.74, 6) is 0. The number of carbonyl (C=O) groups excluding carboxylic acids is 1. The maximum Gasteiger partial charge on any atom is 0.240 e. The van der Waals surface area contributed by atoms with Crippen molar-refractivity contribution in [3.05, 3.63) is 35.0 Å². The van der Waals surface area contributed by atoms with Crippen LogP contribution in [-0.2, 0) is 34.7 Å². The molecule has 0 saturated carbocycles. The van der Waals surface area contributed by atoms with E-state index >= 15 is 0 Å². The summed E-state index contributed by atoms with van der Waals surface area (Å²) in [5.41, 5.74) is 2.61. The first-order valence-corrected chi connectivity index (χ1v) is 10.7. The lowest BCUT2D eigenvalue weighted by Crippen LogP contribution is -2.12. The van der Waals surface area contributed by atoms with Crippen LogP contribution < -0.4 is 10.5 Å². The minimum atomic E-state index is -0.994. The van der Waals surface area contributed by atoms with Gasteiger partial charge in [0.05, 0.1) is 16.2 Å². The maximum absolute atomic E-state index is 10.1. The van der Waals surface area contributed by atoms with Gasteiger partial charge in [0.1, 0.15) is 5.52 Å². The fourth-order valence-corrected chi connectivity index (χ4v) is 4.28. The van der Waals surface area contributed by atoms with Crippen LogP contribution in [0.3, 0.4) is 0 Å². The number of aryl methyl sites for hydroxylation is 2. The molecule has 152 valence electrons.